The van der Waals surface area contributed by atoms with E-state index in [-0.39, 0.29) is 28.6 Å². The molecule has 0 fully saturated rings. The number of benzene rings is 2. The van der Waals surface area contributed by atoms with Gasteiger partial charge in [0.2, 0.25) is 6.86 Å². The smallest absolute Gasteiger partial charge is 0.341 e. The topological polar surface area (TPSA) is 87.9 Å². The Kier molecular flexibility index (Phi) is 7.13. The van der Waals surface area contributed by atoms with Crippen molar-refractivity contribution in [1.29, 1.82) is 0 Å². The van der Waals surface area contributed by atoms with Gasteiger partial charge in [-0.2, -0.15) is 0 Å². The van der Waals surface area contributed by atoms with Gasteiger partial charge in [-0.1, -0.05) is 35.9 Å². The van der Waals surface area contributed by atoms with Gasteiger partial charge >= 0.3 is 11.7 Å². The van der Waals surface area contributed by atoms with E-state index in [4.69, 9.17) is 21.1 Å². The lowest BCUT2D eigenvalue weighted by Gasteiger charge is -2.13. The summed E-state index contributed by atoms with van der Waals surface area (Å²) in [5, 5.41) is 11.4. The number of nitro benzene ring substituents is 1. The van der Waals surface area contributed by atoms with Crippen molar-refractivity contribution in [2.75, 3.05) is 14.0 Å². The van der Waals surface area contributed by atoms with Gasteiger partial charge in [0, 0.05) is 11.1 Å². The molecule has 142 valence electrons. The van der Waals surface area contributed by atoms with Gasteiger partial charge in [0.15, 0.2) is 5.75 Å². The number of halogens is 2. The molecule has 0 aromatic heterocycles. The van der Waals surface area contributed by atoms with Gasteiger partial charge in [-0.15, -0.1) is 0 Å². The van der Waals surface area contributed by atoms with E-state index in [1.165, 1.54) is 25.3 Å². The number of rotatable bonds is 8. The molecule has 7 nitrogen and oxygen atoms in total. The summed E-state index contributed by atoms with van der Waals surface area (Å²) in [5.41, 5.74) is 0.597. The molecule has 0 aliphatic heterocycles. The Hall–Kier alpha value is -3.13. The highest BCUT2D eigenvalue weighted by Gasteiger charge is 2.19. The molecule has 0 heterocycles. The van der Waals surface area contributed by atoms with Gasteiger partial charge in [0.1, 0.15) is 18.4 Å². The third-order valence-corrected chi connectivity index (χ3v) is 3.71. The van der Waals surface area contributed by atoms with Crippen molar-refractivity contribution in [3.8, 4) is 5.75 Å². The van der Waals surface area contributed by atoms with Crippen molar-refractivity contribution in [3.05, 3.63) is 75.0 Å². The number of hydrogen-bond donors (Lipinski definition) is 0. The third-order valence-electron chi connectivity index (χ3n) is 3.48. The van der Waals surface area contributed by atoms with E-state index >= 15 is 0 Å². The Balaban J connectivity index is 2.34. The van der Waals surface area contributed by atoms with E-state index in [0.717, 1.165) is 6.26 Å². The Labute approximate surface area is 159 Å². The summed E-state index contributed by atoms with van der Waals surface area (Å²) in [6, 6.07) is 10.6. The number of esters is 1. The summed E-state index contributed by atoms with van der Waals surface area (Å²) in [6.07, 6.45) is 0.954. The molecule has 27 heavy (non-hydrogen) atoms. The second-order valence-corrected chi connectivity index (χ2v) is 5.55. The monoisotopic (exact) mass is 395 g/mol. The molecule has 0 aliphatic rings. The fourth-order valence-electron chi connectivity index (χ4n) is 2.27. The molecule has 2 aromatic rings. The lowest BCUT2D eigenvalue weighted by atomic mass is 10.0. The quantitative estimate of drug-likeness (QED) is 0.218. The van der Waals surface area contributed by atoms with Crippen LogP contribution in [0, 0.1) is 10.1 Å². The summed E-state index contributed by atoms with van der Waals surface area (Å²) in [5.74, 6) is -0.712. The second kappa shape index (κ2) is 9.54. The normalized spacial score (nSPS) is 11.0. The molecular weight excluding hydrogens is 381 g/mol. The molecule has 2 aromatic carbocycles. The number of alkyl halides is 1. The van der Waals surface area contributed by atoms with E-state index in [1.807, 2.05) is 0 Å². The molecule has 0 saturated heterocycles. The summed E-state index contributed by atoms with van der Waals surface area (Å²) < 4.78 is 27.2. The van der Waals surface area contributed by atoms with Crippen LogP contribution in [0.4, 0.5) is 10.1 Å². The van der Waals surface area contributed by atoms with Crippen molar-refractivity contribution < 1.29 is 28.3 Å². The van der Waals surface area contributed by atoms with Gasteiger partial charge < -0.3 is 14.2 Å². The van der Waals surface area contributed by atoms with Crippen LogP contribution in [-0.2, 0) is 20.9 Å². The van der Waals surface area contributed by atoms with Crippen LogP contribution in [0.3, 0.4) is 0 Å². The zero-order valence-electron chi connectivity index (χ0n) is 14.2. The molecule has 2 rings (SSSR count). The second-order valence-electron chi connectivity index (χ2n) is 5.11. The SMILES string of the molecule is COC(=O)C(=COCF)c1ccccc1COc1ccc(Cl)cc1[N+](=O)[O-]. The average Bonchev–Trinajstić information content (AvgIpc) is 2.67. The predicted octanol–water partition coefficient (Wildman–Crippen LogP) is 4.28. The first-order valence-electron chi connectivity index (χ1n) is 7.59. The fourth-order valence-corrected chi connectivity index (χ4v) is 2.43. The molecule has 0 aliphatic carbocycles. The molecule has 9 heteroatoms. The number of carbonyl (C=O) groups excluding carboxylic acids is 1. The molecule has 0 bridgehead atoms. The van der Waals surface area contributed by atoms with E-state index in [2.05, 4.69) is 4.74 Å². The number of carbonyl (C=O) groups is 1. The maximum Gasteiger partial charge on any atom is 0.341 e. The fraction of sp³-hybridized carbons (Fsp3) is 0.167. The Bertz CT molecular complexity index is 871. The van der Waals surface area contributed by atoms with Gasteiger partial charge in [-0.25, -0.2) is 9.18 Å². The van der Waals surface area contributed by atoms with Gasteiger partial charge in [-0.3, -0.25) is 10.1 Å². The highest BCUT2D eigenvalue weighted by molar-refractivity contribution is 6.30. The number of methoxy groups -OCH3 is 1. The average molecular weight is 396 g/mol. The van der Waals surface area contributed by atoms with E-state index in [0.29, 0.717) is 11.1 Å². The molecule has 0 amide bonds. The molecule has 0 saturated carbocycles. The minimum absolute atomic E-state index is 0.0139. The predicted molar refractivity (Wildman–Crippen MR) is 95.9 cm³/mol. The largest absolute Gasteiger partial charge is 0.482 e. The number of hydrogen-bond acceptors (Lipinski definition) is 6. The first-order chi connectivity index (χ1) is 13.0. The minimum Gasteiger partial charge on any atom is -0.482 e. The molecule has 0 unspecified atom stereocenters. The number of nitrogens with zero attached hydrogens (tertiary/aromatic N) is 1. The zero-order chi connectivity index (χ0) is 19.8. The number of ether oxygens (including phenoxy) is 3. The Morgan fingerprint density at radius 3 is 2.70 bits per heavy atom. The molecular formula is C18H15ClFNO6. The lowest BCUT2D eigenvalue weighted by molar-refractivity contribution is -0.385. The number of nitro groups is 1. The Morgan fingerprint density at radius 2 is 2.04 bits per heavy atom. The molecule has 0 atom stereocenters. The van der Waals surface area contributed by atoms with Crippen molar-refractivity contribution >= 4 is 28.8 Å². The van der Waals surface area contributed by atoms with Crippen LogP contribution in [0.5, 0.6) is 5.75 Å². The summed E-state index contributed by atoms with van der Waals surface area (Å²) in [7, 11) is 1.18. The van der Waals surface area contributed by atoms with Crippen LogP contribution in [0.1, 0.15) is 11.1 Å². The third kappa shape index (κ3) is 5.18. The molecule has 0 spiro atoms. The maximum atomic E-state index is 12.3. The van der Waals surface area contributed by atoms with Crippen LogP contribution in [0.15, 0.2) is 48.7 Å². The maximum absolute atomic E-state index is 12.3. The van der Waals surface area contributed by atoms with Crippen LogP contribution in [0.25, 0.3) is 5.57 Å². The van der Waals surface area contributed by atoms with Crippen molar-refractivity contribution in [2.24, 2.45) is 0 Å². The van der Waals surface area contributed by atoms with E-state index in [1.54, 1.807) is 24.3 Å². The Morgan fingerprint density at radius 1 is 1.30 bits per heavy atom. The van der Waals surface area contributed by atoms with Crippen LogP contribution in [0.2, 0.25) is 5.02 Å². The first-order valence-corrected chi connectivity index (χ1v) is 7.96. The van der Waals surface area contributed by atoms with Gasteiger partial charge in [0.05, 0.1) is 12.0 Å². The van der Waals surface area contributed by atoms with Gasteiger partial charge in [-0.05, 0) is 23.3 Å². The van der Waals surface area contributed by atoms with Crippen LogP contribution >= 0.6 is 11.6 Å². The van der Waals surface area contributed by atoms with Crippen molar-refractivity contribution in [3.63, 3.8) is 0 Å². The highest BCUT2D eigenvalue weighted by Crippen LogP contribution is 2.31. The minimum atomic E-state index is -1.11. The summed E-state index contributed by atoms with van der Waals surface area (Å²) >= 11 is 5.78. The van der Waals surface area contributed by atoms with E-state index in [9.17, 15) is 19.3 Å². The van der Waals surface area contributed by atoms with Crippen LogP contribution in [-0.4, -0.2) is 24.9 Å². The summed E-state index contributed by atoms with van der Waals surface area (Å²) in [6.45, 7) is -1.21. The summed E-state index contributed by atoms with van der Waals surface area (Å²) in [4.78, 5) is 22.5. The van der Waals surface area contributed by atoms with Crippen LogP contribution < -0.4 is 4.74 Å². The van der Waals surface area contributed by atoms with Gasteiger partial charge in [0.25, 0.3) is 0 Å². The first kappa shape index (κ1) is 20.2. The standard InChI is InChI=1S/C18H15ClFNO6/c1-25-18(22)15(10-26-11-20)14-5-3-2-4-12(14)9-27-17-7-6-13(19)8-16(17)21(23)24/h2-8,10H,9,11H2,1H3. The molecule has 0 radical (unpaired) electrons. The highest BCUT2D eigenvalue weighted by atomic mass is 35.5. The van der Waals surface area contributed by atoms with Crippen molar-refractivity contribution in [2.45, 2.75) is 6.61 Å². The van der Waals surface area contributed by atoms with Crippen molar-refractivity contribution in [1.82, 2.24) is 0 Å². The zero-order valence-corrected chi connectivity index (χ0v) is 14.9. The lowest BCUT2D eigenvalue weighted by Crippen LogP contribution is -2.09. The molecule has 0 N–H and O–H groups in total. The van der Waals surface area contributed by atoms with E-state index < -0.39 is 17.8 Å².